The number of halogens is 3. The molecule has 0 bridgehead atoms. The van der Waals surface area contributed by atoms with Crippen molar-refractivity contribution in [3.63, 3.8) is 0 Å². The predicted octanol–water partition coefficient (Wildman–Crippen LogP) is 30.4. The molecule has 8 nitrogen and oxygen atoms in total. The molecule has 1 N–H and O–H groups in total. The lowest BCUT2D eigenvalue weighted by Gasteiger charge is -2.12. The van der Waals surface area contributed by atoms with Crippen molar-refractivity contribution in [1.29, 1.82) is 0 Å². The summed E-state index contributed by atoms with van der Waals surface area (Å²) in [5.74, 6) is 0.573. The second-order valence-corrected chi connectivity index (χ2v) is 32.3. The quantitative estimate of drug-likeness (QED) is 0.177. The minimum Gasteiger partial charge on any atom is -0.454 e. The molecule has 8 aromatic heterocycles. The van der Waals surface area contributed by atoms with Crippen molar-refractivity contribution in [1.82, 2.24) is 29.5 Å². The SMILES string of the molecule is Clc1nc2ccc3ccccc3c2nc1-n1c2ccccc2c2c3ccccc3c3c4cc5cc(-c6ccc7c(c6)sc6ccccc67)ccc5cc4oc3c21.Clc1nc2ccc3ccccc3c2nc1Cl.c1ccc2c(c1)[nH]c1c3oc4cc5ccc(-c6ccc7c(c6)sc6ccccc67)cc5cc4c3c3ccccc3c21. The first-order chi connectivity index (χ1) is 55.7. The Labute approximate surface area is 664 Å². The molecular weight excluding hydrogens is 1490 g/mol. The van der Waals surface area contributed by atoms with E-state index in [2.05, 4.69) is 280 Å². The maximum absolute atomic E-state index is 7.16. The summed E-state index contributed by atoms with van der Waals surface area (Å²) in [6.45, 7) is 0. The standard InChI is InChI=1S/C50H26ClN3OS.C38H21NOS.C12H6Cl2N2/c51-49-50(53-46-32-10-2-1-9-27(32)20-22-39(46)52-49)54-40-15-7-5-14-37(40)44-35-12-3-4-13-36(35)45-38-24-31-23-28(17-18-29(31)25-41(38)55-48(45)47(44)54)30-19-21-34-33-11-6-8-16-42(33)56-43(34)26-30;1-2-9-28-27(8-1)35-29-10-3-5-11-31(29)39-37(35)38-36(28)30-18-24-17-21(13-14-22(24)19-32(30)40-38)23-15-16-26-25-7-4-6-12-33(25)41-34(26)20-23;13-11-12(14)16-10-8-4-2-1-3-7(8)5-6-9(10)15-11/h1-26H;1-20,39H;1-6H. The minimum absolute atomic E-state index is 0.240. The number of H-pyrrole nitrogens is 1. The molecule has 0 saturated carbocycles. The molecule has 13 heteroatoms. The van der Waals surface area contributed by atoms with Gasteiger partial charge in [0.1, 0.15) is 11.2 Å². The molecule has 0 fully saturated rings. The van der Waals surface area contributed by atoms with Crippen LogP contribution < -0.4 is 0 Å². The topological polar surface area (TPSA) is 98.6 Å². The van der Waals surface area contributed by atoms with Crippen LogP contribution in [0.1, 0.15) is 0 Å². The molecule has 8 heterocycles. The average molecular weight is 1540 g/mol. The number of thiophene rings is 2. The summed E-state index contributed by atoms with van der Waals surface area (Å²) in [6, 6.07) is 112. The van der Waals surface area contributed by atoms with Crippen molar-refractivity contribution in [2.45, 2.75) is 0 Å². The Morgan fingerprint density at radius 3 is 1.30 bits per heavy atom. The Morgan fingerprint density at radius 2 is 0.708 bits per heavy atom. The van der Waals surface area contributed by atoms with Crippen molar-refractivity contribution in [3.05, 3.63) is 331 Å². The molecule has 0 radical (unpaired) electrons. The fourth-order valence-corrected chi connectivity index (χ4v) is 20.5. The fourth-order valence-electron chi connectivity index (χ4n) is 17.8. The molecular formula is C100H53Cl3N6O2S2. The van der Waals surface area contributed by atoms with Crippen molar-refractivity contribution < 1.29 is 8.83 Å². The third-order valence-electron chi connectivity index (χ3n) is 22.9. The van der Waals surface area contributed by atoms with Gasteiger partial charge in [-0.25, -0.2) is 19.9 Å². The summed E-state index contributed by atoms with van der Waals surface area (Å²) in [7, 11) is 0. The molecule has 113 heavy (non-hydrogen) atoms. The predicted molar refractivity (Wildman–Crippen MR) is 480 cm³/mol. The zero-order chi connectivity index (χ0) is 74.4. The van der Waals surface area contributed by atoms with E-state index in [9.17, 15) is 0 Å². The van der Waals surface area contributed by atoms with Gasteiger partial charge in [-0.2, -0.15) is 0 Å². The van der Waals surface area contributed by atoms with Crippen LogP contribution in [0.5, 0.6) is 0 Å². The van der Waals surface area contributed by atoms with E-state index in [-0.39, 0.29) is 10.3 Å². The van der Waals surface area contributed by atoms with Gasteiger partial charge in [-0.1, -0.05) is 265 Å². The van der Waals surface area contributed by atoms with Crippen molar-refractivity contribution in [2.75, 3.05) is 0 Å². The van der Waals surface area contributed by atoms with Gasteiger partial charge in [0.15, 0.2) is 32.4 Å². The van der Waals surface area contributed by atoms with E-state index < -0.39 is 0 Å². The van der Waals surface area contributed by atoms with Crippen LogP contribution in [0, 0.1) is 0 Å². The van der Waals surface area contributed by atoms with E-state index in [0.29, 0.717) is 11.0 Å². The van der Waals surface area contributed by atoms with Crippen LogP contribution in [-0.2, 0) is 0 Å². The molecule has 528 valence electrons. The van der Waals surface area contributed by atoms with Gasteiger partial charge in [0.25, 0.3) is 0 Å². The summed E-state index contributed by atoms with van der Waals surface area (Å²) in [6.07, 6.45) is 0. The Hall–Kier alpha value is -13.3. The number of nitrogens with one attached hydrogen (secondary N) is 1. The number of aromatic nitrogens is 6. The van der Waals surface area contributed by atoms with Gasteiger partial charge in [0, 0.05) is 99.7 Å². The summed E-state index contributed by atoms with van der Waals surface area (Å²) in [4.78, 5) is 22.4. The number of para-hydroxylation sites is 2. The molecule has 0 aliphatic carbocycles. The van der Waals surface area contributed by atoms with Crippen molar-refractivity contribution >= 4 is 272 Å². The fraction of sp³-hybridized carbons (Fsp3) is 0. The van der Waals surface area contributed by atoms with E-state index >= 15 is 0 Å². The number of aromatic amines is 1. The maximum atomic E-state index is 7.16. The van der Waals surface area contributed by atoms with E-state index in [4.69, 9.17) is 53.6 Å². The zero-order valence-corrected chi connectivity index (χ0v) is 63.4. The summed E-state index contributed by atoms with van der Waals surface area (Å²) in [5, 5.41) is 29.0. The third kappa shape index (κ3) is 9.94. The lowest BCUT2D eigenvalue weighted by molar-refractivity contribution is 0.671. The summed E-state index contributed by atoms with van der Waals surface area (Å²) < 4.78 is 21.2. The smallest absolute Gasteiger partial charge is 0.176 e. The van der Waals surface area contributed by atoms with Crippen LogP contribution in [0.3, 0.4) is 0 Å². The van der Waals surface area contributed by atoms with E-state index in [1.165, 1.54) is 100 Å². The second-order valence-electron chi connectivity index (χ2n) is 29.1. The molecule has 0 saturated heterocycles. The molecule has 26 rings (SSSR count). The molecule has 0 aliphatic heterocycles. The molecule has 26 aromatic rings. The highest BCUT2D eigenvalue weighted by Gasteiger charge is 2.27. The molecule has 0 unspecified atom stereocenters. The maximum Gasteiger partial charge on any atom is 0.176 e. The number of rotatable bonds is 3. The van der Waals surface area contributed by atoms with Gasteiger partial charge < -0.3 is 13.8 Å². The lowest BCUT2D eigenvalue weighted by atomic mass is 9.96. The molecule has 0 aliphatic rings. The first-order valence-corrected chi connectivity index (χ1v) is 40.1. The number of hydrogen-bond acceptors (Lipinski definition) is 8. The largest absolute Gasteiger partial charge is 0.454 e. The van der Waals surface area contributed by atoms with Gasteiger partial charge in [-0.15, -0.1) is 22.7 Å². The van der Waals surface area contributed by atoms with Crippen LogP contribution in [0.15, 0.2) is 324 Å². The number of benzene rings is 18. The average Bonchev–Trinajstić information content (AvgIpc) is 1.55. The Bertz CT molecular complexity index is 8670. The summed E-state index contributed by atoms with van der Waals surface area (Å²) in [5.41, 5.74) is 15.6. The van der Waals surface area contributed by atoms with Crippen LogP contribution >= 0.6 is 57.5 Å². The highest BCUT2D eigenvalue weighted by Crippen LogP contribution is 2.50. The Morgan fingerprint density at radius 1 is 0.283 bits per heavy atom. The van der Waals surface area contributed by atoms with E-state index in [0.717, 1.165) is 136 Å². The Kier molecular flexibility index (Phi) is 14.2. The van der Waals surface area contributed by atoms with Crippen molar-refractivity contribution in [2.24, 2.45) is 0 Å². The highest BCUT2D eigenvalue weighted by atomic mass is 35.5. The number of furan rings is 2. The van der Waals surface area contributed by atoms with Crippen LogP contribution in [0.2, 0.25) is 15.5 Å². The first kappa shape index (κ1) is 64.5. The first-order valence-electron chi connectivity index (χ1n) is 37.4. The molecule has 18 aromatic carbocycles. The van der Waals surface area contributed by atoms with Crippen LogP contribution in [0.4, 0.5) is 0 Å². The number of fused-ring (bicyclic) bond motifs is 34. The number of hydrogen-bond donors (Lipinski definition) is 1. The Balaban J connectivity index is 0.000000113. The number of nitrogens with zero attached hydrogens (tertiary/aromatic N) is 5. The van der Waals surface area contributed by atoms with Gasteiger partial charge in [0.2, 0.25) is 0 Å². The van der Waals surface area contributed by atoms with Gasteiger partial charge >= 0.3 is 0 Å². The normalized spacial score (nSPS) is 12.2. The van der Waals surface area contributed by atoms with Gasteiger partial charge in [-0.05, 0) is 161 Å². The van der Waals surface area contributed by atoms with Gasteiger partial charge in [-0.3, -0.25) is 4.57 Å². The van der Waals surface area contributed by atoms with Crippen LogP contribution in [-0.4, -0.2) is 29.5 Å². The monoisotopic (exact) mass is 1540 g/mol. The third-order valence-corrected chi connectivity index (χ3v) is 26.0. The van der Waals surface area contributed by atoms with Gasteiger partial charge in [0.05, 0.1) is 38.6 Å². The van der Waals surface area contributed by atoms with Crippen LogP contribution in [0.25, 0.3) is 243 Å². The summed E-state index contributed by atoms with van der Waals surface area (Å²) >= 11 is 22.6. The highest BCUT2D eigenvalue weighted by molar-refractivity contribution is 7.26. The molecule has 0 atom stereocenters. The molecule has 0 spiro atoms. The molecule has 0 amide bonds. The minimum atomic E-state index is 0.240. The second kappa shape index (κ2) is 24.9. The van der Waals surface area contributed by atoms with Crippen molar-refractivity contribution in [3.8, 4) is 28.1 Å². The van der Waals surface area contributed by atoms with E-state index in [1.54, 1.807) is 0 Å². The lowest BCUT2D eigenvalue weighted by Crippen LogP contribution is -2.01. The van der Waals surface area contributed by atoms with E-state index in [1.807, 2.05) is 77.3 Å². The zero-order valence-electron chi connectivity index (χ0n) is 59.5.